The summed E-state index contributed by atoms with van der Waals surface area (Å²) >= 11 is 5.54. The Morgan fingerprint density at radius 3 is 2.81 bits per heavy atom. The second-order valence-corrected chi connectivity index (χ2v) is 3.83. The molecule has 1 aromatic rings. The SMILES string of the molecule is Cc1cc(C(=O)CO)ccc1OCCCCl. The van der Waals surface area contributed by atoms with Crippen molar-refractivity contribution in [3.8, 4) is 5.75 Å². The molecule has 1 aromatic carbocycles. The van der Waals surface area contributed by atoms with Crippen LogP contribution in [0.2, 0.25) is 0 Å². The number of rotatable bonds is 6. The van der Waals surface area contributed by atoms with Crippen molar-refractivity contribution in [2.45, 2.75) is 13.3 Å². The van der Waals surface area contributed by atoms with E-state index < -0.39 is 6.61 Å². The first-order chi connectivity index (χ1) is 7.69. The van der Waals surface area contributed by atoms with Gasteiger partial charge in [-0.1, -0.05) is 0 Å². The third-order valence-corrected chi connectivity index (χ3v) is 2.44. The fourth-order valence-electron chi connectivity index (χ4n) is 1.31. The lowest BCUT2D eigenvalue weighted by atomic mass is 10.1. The summed E-state index contributed by atoms with van der Waals surface area (Å²) in [5.41, 5.74) is 1.39. The Hall–Kier alpha value is -1.06. The molecule has 4 heteroatoms. The molecule has 0 aromatic heterocycles. The summed E-state index contributed by atoms with van der Waals surface area (Å²) in [5, 5.41) is 8.73. The van der Waals surface area contributed by atoms with Crippen LogP contribution in [0.25, 0.3) is 0 Å². The van der Waals surface area contributed by atoms with Crippen molar-refractivity contribution in [1.29, 1.82) is 0 Å². The standard InChI is InChI=1S/C12H15ClO3/c1-9-7-10(11(15)8-14)3-4-12(9)16-6-2-5-13/h3-4,7,14H,2,5-6,8H2,1H3. The molecular formula is C12H15ClO3. The van der Waals surface area contributed by atoms with E-state index in [0.29, 0.717) is 18.1 Å². The molecule has 0 aliphatic carbocycles. The van der Waals surface area contributed by atoms with E-state index in [9.17, 15) is 4.79 Å². The zero-order chi connectivity index (χ0) is 12.0. The van der Waals surface area contributed by atoms with Crippen LogP contribution in [0.15, 0.2) is 18.2 Å². The van der Waals surface area contributed by atoms with Gasteiger partial charge in [0, 0.05) is 11.4 Å². The molecule has 1 rings (SSSR count). The molecule has 0 unspecified atom stereocenters. The number of aliphatic hydroxyl groups is 1. The zero-order valence-electron chi connectivity index (χ0n) is 9.20. The number of ether oxygens (including phenoxy) is 1. The second-order valence-electron chi connectivity index (χ2n) is 3.45. The van der Waals surface area contributed by atoms with E-state index in [1.54, 1.807) is 18.2 Å². The fraction of sp³-hybridized carbons (Fsp3) is 0.417. The number of benzene rings is 1. The number of halogens is 1. The van der Waals surface area contributed by atoms with Crippen LogP contribution in [0, 0.1) is 6.92 Å². The maximum Gasteiger partial charge on any atom is 0.188 e. The Kier molecular flexibility index (Phi) is 5.29. The van der Waals surface area contributed by atoms with Gasteiger partial charge in [-0.15, -0.1) is 11.6 Å². The smallest absolute Gasteiger partial charge is 0.188 e. The Bertz CT molecular complexity index is 363. The van der Waals surface area contributed by atoms with Crippen LogP contribution in [-0.2, 0) is 0 Å². The summed E-state index contributed by atoms with van der Waals surface area (Å²) in [6.07, 6.45) is 0.790. The number of ketones is 1. The summed E-state index contributed by atoms with van der Waals surface area (Å²) < 4.78 is 5.49. The molecule has 0 amide bonds. The normalized spacial score (nSPS) is 10.2. The third kappa shape index (κ3) is 3.51. The molecule has 16 heavy (non-hydrogen) atoms. The average molecular weight is 243 g/mol. The highest BCUT2D eigenvalue weighted by atomic mass is 35.5. The van der Waals surface area contributed by atoms with Crippen molar-refractivity contribution < 1.29 is 14.6 Å². The number of Topliss-reactive ketones (excluding diaryl/α,β-unsaturated/α-hetero) is 1. The summed E-state index contributed by atoms with van der Waals surface area (Å²) in [5.74, 6) is 1.04. The van der Waals surface area contributed by atoms with Gasteiger partial charge in [0.1, 0.15) is 12.4 Å². The van der Waals surface area contributed by atoms with Gasteiger partial charge in [0.25, 0.3) is 0 Å². The molecule has 0 fully saturated rings. The van der Waals surface area contributed by atoms with Gasteiger partial charge < -0.3 is 9.84 Å². The van der Waals surface area contributed by atoms with E-state index in [-0.39, 0.29) is 5.78 Å². The first-order valence-electron chi connectivity index (χ1n) is 5.12. The van der Waals surface area contributed by atoms with Crippen molar-refractivity contribution in [2.75, 3.05) is 19.1 Å². The number of alkyl halides is 1. The molecule has 0 aliphatic heterocycles. The lowest BCUT2D eigenvalue weighted by molar-refractivity contribution is 0.0903. The molecule has 1 N–H and O–H groups in total. The van der Waals surface area contributed by atoms with E-state index >= 15 is 0 Å². The quantitative estimate of drug-likeness (QED) is 0.473. The van der Waals surface area contributed by atoms with E-state index in [2.05, 4.69) is 0 Å². The van der Waals surface area contributed by atoms with E-state index in [0.717, 1.165) is 17.7 Å². The molecule has 3 nitrogen and oxygen atoms in total. The summed E-state index contributed by atoms with van der Waals surface area (Å²) in [6, 6.07) is 5.11. The number of hydrogen-bond donors (Lipinski definition) is 1. The average Bonchev–Trinajstić information content (AvgIpc) is 2.30. The topological polar surface area (TPSA) is 46.5 Å². The first kappa shape index (κ1) is 13.0. The number of carbonyl (C=O) groups excluding carboxylic acids is 1. The van der Waals surface area contributed by atoms with Crippen LogP contribution in [-0.4, -0.2) is 30.0 Å². The summed E-state index contributed by atoms with van der Waals surface area (Å²) in [4.78, 5) is 11.2. The number of hydrogen-bond acceptors (Lipinski definition) is 3. The number of carbonyl (C=O) groups is 1. The van der Waals surface area contributed by atoms with Crippen molar-refractivity contribution in [2.24, 2.45) is 0 Å². The van der Waals surface area contributed by atoms with Gasteiger partial charge in [-0.05, 0) is 37.1 Å². The molecule has 0 bridgehead atoms. The highest BCUT2D eigenvalue weighted by Crippen LogP contribution is 2.19. The van der Waals surface area contributed by atoms with Gasteiger partial charge in [0.15, 0.2) is 5.78 Å². The third-order valence-electron chi connectivity index (χ3n) is 2.18. The highest BCUT2D eigenvalue weighted by Gasteiger charge is 2.06. The minimum Gasteiger partial charge on any atom is -0.493 e. The minimum atomic E-state index is -0.466. The van der Waals surface area contributed by atoms with Crippen molar-refractivity contribution in [3.63, 3.8) is 0 Å². The molecule has 0 atom stereocenters. The molecule has 0 saturated heterocycles. The highest BCUT2D eigenvalue weighted by molar-refractivity contribution is 6.17. The minimum absolute atomic E-state index is 0.282. The molecule has 88 valence electrons. The molecule has 0 heterocycles. The monoisotopic (exact) mass is 242 g/mol. The first-order valence-corrected chi connectivity index (χ1v) is 5.66. The van der Waals surface area contributed by atoms with E-state index in [1.807, 2.05) is 6.92 Å². The lowest BCUT2D eigenvalue weighted by Crippen LogP contribution is -2.05. The van der Waals surface area contributed by atoms with Gasteiger partial charge in [0.05, 0.1) is 6.61 Å². The molecular weight excluding hydrogens is 228 g/mol. The van der Waals surface area contributed by atoms with Crippen LogP contribution in [0.1, 0.15) is 22.3 Å². The summed E-state index contributed by atoms with van der Waals surface area (Å²) in [6.45, 7) is 1.97. The Morgan fingerprint density at radius 1 is 1.50 bits per heavy atom. The largest absolute Gasteiger partial charge is 0.493 e. The predicted octanol–water partition coefficient (Wildman–Crippen LogP) is 2.18. The van der Waals surface area contributed by atoms with Crippen molar-refractivity contribution in [3.05, 3.63) is 29.3 Å². The van der Waals surface area contributed by atoms with Gasteiger partial charge in [-0.3, -0.25) is 4.79 Å². The van der Waals surface area contributed by atoms with Crippen molar-refractivity contribution in [1.82, 2.24) is 0 Å². The van der Waals surface area contributed by atoms with Gasteiger partial charge in [-0.25, -0.2) is 0 Å². The lowest BCUT2D eigenvalue weighted by Gasteiger charge is -2.09. The van der Waals surface area contributed by atoms with Crippen molar-refractivity contribution >= 4 is 17.4 Å². The fourth-order valence-corrected chi connectivity index (χ4v) is 1.42. The Labute approximate surface area is 100.0 Å². The Balaban J connectivity index is 2.71. The van der Waals surface area contributed by atoms with Gasteiger partial charge >= 0.3 is 0 Å². The van der Waals surface area contributed by atoms with E-state index in [1.165, 1.54) is 0 Å². The predicted molar refractivity (Wildman–Crippen MR) is 63.4 cm³/mol. The van der Waals surface area contributed by atoms with Crippen LogP contribution in [0.4, 0.5) is 0 Å². The maximum absolute atomic E-state index is 11.2. The number of aryl methyl sites for hydroxylation is 1. The molecule has 0 spiro atoms. The van der Waals surface area contributed by atoms with Crippen LogP contribution < -0.4 is 4.74 Å². The Morgan fingerprint density at radius 2 is 2.25 bits per heavy atom. The summed E-state index contributed by atoms with van der Waals surface area (Å²) in [7, 11) is 0. The van der Waals surface area contributed by atoms with Gasteiger partial charge in [0.2, 0.25) is 0 Å². The molecule has 0 aliphatic rings. The number of aliphatic hydroxyl groups excluding tert-OH is 1. The second kappa shape index (κ2) is 6.51. The van der Waals surface area contributed by atoms with E-state index in [4.69, 9.17) is 21.4 Å². The van der Waals surface area contributed by atoms with Crippen LogP contribution in [0.5, 0.6) is 5.75 Å². The van der Waals surface area contributed by atoms with Crippen LogP contribution in [0.3, 0.4) is 0 Å². The van der Waals surface area contributed by atoms with Crippen LogP contribution >= 0.6 is 11.6 Å². The zero-order valence-corrected chi connectivity index (χ0v) is 9.96. The molecule has 0 radical (unpaired) electrons. The molecule has 0 saturated carbocycles. The van der Waals surface area contributed by atoms with Gasteiger partial charge in [-0.2, -0.15) is 0 Å². The maximum atomic E-state index is 11.2.